The van der Waals surface area contributed by atoms with E-state index in [4.69, 9.17) is 0 Å². The fraction of sp³-hybridized carbons (Fsp3) is 0.158. The van der Waals surface area contributed by atoms with E-state index in [2.05, 4.69) is 60.7 Å². The fourth-order valence-corrected chi connectivity index (χ4v) is 3.26. The summed E-state index contributed by atoms with van der Waals surface area (Å²) in [4.78, 5) is 0. The zero-order valence-electron chi connectivity index (χ0n) is 10.9. The average molecular weight is 244 g/mol. The van der Waals surface area contributed by atoms with Gasteiger partial charge in [0.1, 0.15) is 0 Å². The van der Waals surface area contributed by atoms with Crippen molar-refractivity contribution in [1.29, 1.82) is 0 Å². The molecule has 0 nitrogen and oxygen atoms in total. The van der Waals surface area contributed by atoms with Crippen LogP contribution in [-0.4, -0.2) is 0 Å². The molecule has 2 aliphatic carbocycles. The average Bonchev–Trinajstić information content (AvgIpc) is 3.08. The van der Waals surface area contributed by atoms with Crippen LogP contribution in [0.15, 0.2) is 48.6 Å². The van der Waals surface area contributed by atoms with E-state index in [9.17, 15) is 0 Å². The van der Waals surface area contributed by atoms with E-state index < -0.39 is 0 Å². The maximum atomic E-state index is 2.29. The zero-order chi connectivity index (χ0) is 12.7. The van der Waals surface area contributed by atoms with Gasteiger partial charge in [0, 0.05) is 0 Å². The highest BCUT2D eigenvalue weighted by atomic mass is 14.2. The van der Waals surface area contributed by atoms with Crippen molar-refractivity contribution < 1.29 is 0 Å². The van der Waals surface area contributed by atoms with Crippen molar-refractivity contribution in [3.8, 4) is 0 Å². The maximum absolute atomic E-state index is 2.29. The molecule has 0 aromatic heterocycles. The van der Waals surface area contributed by atoms with Gasteiger partial charge < -0.3 is 0 Å². The number of benzene rings is 2. The summed E-state index contributed by atoms with van der Waals surface area (Å²) < 4.78 is 0. The lowest BCUT2D eigenvalue weighted by Gasteiger charge is -2.12. The van der Waals surface area contributed by atoms with E-state index >= 15 is 0 Å². The minimum atomic E-state index is 1.07. The van der Waals surface area contributed by atoms with Crippen molar-refractivity contribution in [2.45, 2.75) is 19.3 Å². The second-order valence-electron chi connectivity index (χ2n) is 5.36. The van der Waals surface area contributed by atoms with Crippen LogP contribution in [0.1, 0.15) is 33.4 Å². The third-order valence-corrected chi connectivity index (χ3v) is 4.24. The van der Waals surface area contributed by atoms with Gasteiger partial charge in [-0.3, -0.25) is 0 Å². The van der Waals surface area contributed by atoms with Crippen molar-refractivity contribution >= 4 is 12.2 Å². The summed E-state index contributed by atoms with van der Waals surface area (Å²) in [6.07, 6.45) is 12.3. The Labute approximate surface area is 114 Å². The second-order valence-corrected chi connectivity index (χ2v) is 5.36. The molecule has 2 aliphatic rings. The Morgan fingerprint density at radius 1 is 0.684 bits per heavy atom. The lowest BCUT2D eigenvalue weighted by Crippen LogP contribution is -1.99. The van der Waals surface area contributed by atoms with E-state index in [1.165, 1.54) is 33.4 Å². The largest absolute Gasteiger partial charge is 0.0795 e. The SMILES string of the molecule is C1=Cc2cccc(Cc3cccc4c3CC=C4)c2C1. The lowest BCUT2D eigenvalue weighted by atomic mass is 9.93. The highest BCUT2D eigenvalue weighted by molar-refractivity contribution is 5.64. The van der Waals surface area contributed by atoms with Crippen LogP contribution in [-0.2, 0) is 19.3 Å². The summed E-state index contributed by atoms with van der Waals surface area (Å²) in [6, 6.07) is 13.4. The molecule has 0 amide bonds. The van der Waals surface area contributed by atoms with Crippen molar-refractivity contribution in [3.63, 3.8) is 0 Å². The van der Waals surface area contributed by atoms with Gasteiger partial charge in [-0.05, 0) is 52.6 Å². The first-order chi connectivity index (χ1) is 9.42. The van der Waals surface area contributed by atoms with Crippen molar-refractivity contribution in [2.75, 3.05) is 0 Å². The third kappa shape index (κ3) is 1.76. The maximum Gasteiger partial charge on any atom is -0.00196 e. The molecule has 2 aromatic rings. The van der Waals surface area contributed by atoms with Crippen molar-refractivity contribution in [2.24, 2.45) is 0 Å². The predicted molar refractivity (Wildman–Crippen MR) is 81.2 cm³/mol. The molecule has 0 unspecified atom stereocenters. The van der Waals surface area contributed by atoms with Gasteiger partial charge in [-0.15, -0.1) is 0 Å². The molecule has 0 atom stereocenters. The quantitative estimate of drug-likeness (QED) is 0.733. The molecule has 2 aromatic carbocycles. The Balaban J connectivity index is 1.74. The fourth-order valence-electron chi connectivity index (χ4n) is 3.26. The van der Waals surface area contributed by atoms with Crippen LogP contribution in [0.2, 0.25) is 0 Å². The van der Waals surface area contributed by atoms with E-state index in [0.29, 0.717) is 0 Å². The smallest absolute Gasteiger partial charge is 0.00196 e. The molecule has 0 radical (unpaired) electrons. The molecule has 0 saturated heterocycles. The molecule has 0 N–H and O–H groups in total. The molecule has 0 heteroatoms. The molecule has 0 fully saturated rings. The molecule has 0 bridgehead atoms. The summed E-state index contributed by atoms with van der Waals surface area (Å²) in [7, 11) is 0. The third-order valence-electron chi connectivity index (χ3n) is 4.24. The second kappa shape index (κ2) is 4.24. The molecular weight excluding hydrogens is 228 g/mol. The summed E-state index contributed by atoms with van der Waals surface area (Å²) >= 11 is 0. The number of allylic oxidation sites excluding steroid dienone is 2. The van der Waals surface area contributed by atoms with Crippen molar-refractivity contribution in [1.82, 2.24) is 0 Å². The summed E-state index contributed by atoms with van der Waals surface area (Å²) in [5, 5.41) is 0. The predicted octanol–water partition coefficient (Wildman–Crippen LogP) is 4.42. The van der Waals surface area contributed by atoms with Crippen LogP contribution in [0.4, 0.5) is 0 Å². The lowest BCUT2D eigenvalue weighted by molar-refractivity contribution is 1.09. The highest BCUT2D eigenvalue weighted by Crippen LogP contribution is 2.29. The molecule has 92 valence electrons. The minimum Gasteiger partial charge on any atom is -0.0795 e. The van der Waals surface area contributed by atoms with Gasteiger partial charge in [-0.25, -0.2) is 0 Å². The van der Waals surface area contributed by atoms with Crippen molar-refractivity contribution in [3.05, 3.63) is 81.9 Å². The number of fused-ring (bicyclic) bond motifs is 2. The number of hydrogen-bond acceptors (Lipinski definition) is 0. The van der Waals surface area contributed by atoms with Crippen LogP contribution in [0.3, 0.4) is 0 Å². The van der Waals surface area contributed by atoms with Gasteiger partial charge >= 0.3 is 0 Å². The Kier molecular flexibility index (Phi) is 2.41. The van der Waals surface area contributed by atoms with E-state index in [1.54, 1.807) is 0 Å². The molecule has 0 heterocycles. The summed E-state index contributed by atoms with van der Waals surface area (Å²) in [5.74, 6) is 0. The van der Waals surface area contributed by atoms with E-state index in [-0.39, 0.29) is 0 Å². The monoisotopic (exact) mass is 244 g/mol. The van der Waals surface area contributed by atoms with Gasteiger partial charge in [0.2, 0.25) is 0 Å². The molecule has 0 spiro atoms. The Bertz CT molecular complexity index is 640. The molecule has 4 rings (SSSR count). The Morgan fingerprint density at radius 3 is 1.74 bits per heavy atom. The first-order valence-electron chi connectivity index (χ1n) is 6.96. The topological polar surface area (TPSA) is 0 Å². The van der Waals surface area contributed by atoms with Gasteiger partial charge in [-0.1, -0.05) is 60.7 Å². The van der Waals surface area contributed by atoms with E-state index in [1.807, 2.05) is 0 Å². The Hall–Kier alpha value is -2.08. The summed E-state index contributed by atoms with van der Waals surface area (Å²) in [5.41, 5.74) is 8.83. The van der Waals surface area contributed by atoms with Crippen LogP contribution >= 0.6 is 0 Å². The minimum absolute atomic E-state index is 1.07. The normalized spacial score (nSPS) is 14.7. The van der Waals surface area contributed by atoms with Gasteiger partial charge in [0.25, 0.3) is 0 Å². The van der Waals surface area contributed by atoms with Gasteiger partial charge in [-0.2, -0.15) is 0 Å². The van der Waals surface area contributed by atoms with Crippen LogP contribution < -0.4 is 0 Å². The van der Waals surface area contributed by atoms with Gasteiger partial charge in [0.15, 0.2) is 0 Å². The standard InChI is InChI=1S/C19H16/c1-5-14-7-3-11-18(14)16(9-1)13-17-10-2-6-15-8-4-12-19(15)17/h1-10H,11-13H2. The number of rotatable bonds is 2. The first-order valence-corrected chi connectivity index (χ1v) is 6.96. The molecule has 0 saturated carbocycles. The van der Waals surface area contributed by atoms with E-state index in [0.717, 1.165) is 19.3 Å². The molecule has 0 aliphatic heterocycles. The van der Waals surface area contributed by atoms with Crippen LogP contribution in [0, 0.1) is 0 Å². The van der Waals surface area contributed by atoms with Gasteiger partial charge in [0.05, 0.1) is 0 Å². The molecule has 19 heavy (non-hydrogen) atoms. The number of hydrogen-bond donors (Lipinski definition) is 0. The highest BCUT2D eigenvalue weighted by Gasteiger charge is 2.14. The summed E-state index contributed by atoms with van der Waals surface area (Å²) in [6.45, 7) is 0. The zero-order valence-corrected chi connectivity index (χ0v) is 10.9. The molecular formula is C19H16. The van der Waals surface area contributed by atoms with Crippen LogP contribution in [0.5, 0.6) is 0 Å². The first kappa shape index (κ1) is 10.8. The van der Waals surface area contributed by atoms with Crippen LogP contribution in [0.25, 0.3) is 12.2 Å². The Morgan fingerprint density at radius 2 is 1.21 bits per heavy atom.